The number of hydrogen-bond donors (Lipinski definition) is 1. The van der Waals surface area contributed by atoms with Crippen LogP contribution < -0.4 is 5.32 Å². The highest BCUT2D eigenvalue weighted by Crippen LogP contribution is 2.07. The van der Waals surface area contributed by atoms with Crippen LogP contribution in [0.5, 0.6) is 0 Å². The van der Waals surface area contributed by atoms with Crippen molar-refractivity contribution in [2.45, 2.75) is 20.4 Å². The summed E-state index contributed by atoms with van der Waals surface area (Å²) in [6, 6.07) is 4.10. The summed E-state index contributed by atoms with van der Waals surface area (Å²) in [5.41, 5.74) is 1.20. The van der Waals surface area contributed by atoms with E-state index in [-0.39, 0.29) is 0 Å². The molecule has 84 valence electrons. The molecule has 16 heavy (non-hydrogen) atoms. The molecule has 2 rings (SSSR count). The highest BCUT2D eigenvalue weighted by Gasteiger charge is 2.01. The van der Waals surface area contributed by atoms with Crippen molar-refractivity contribution < 1.29 is 0 Å². The van der Waals surface area contributed by atoms with Gasteiger partial charge in [0.05, 0.1) is 0 Å². The Morgan fingerprint density at radius 2 is 2.19 bits per heavy atom. The first-order chi connectivity index (χ1) is 7.81. The van der Waals surface area contributed by atoms with Crippen molar-refractivity contribution in [1.82, 2.24) is 19.9 Å². The van der Waals surface area contributed by atoms with E-state index in [9.17, 15) is 0 Å². The Bertz CT molecular complexity index is 444. The van der Waals surface area contributed by atoms with E-state index in [1.54, 1.807) is 6.20 Å². The Morgan fingerprint density at radius 3 is 2.75 bits per heavy atom. The standard InChI is InChI=1S/C12H16N4/c1-3-13-8-11-4-5-12(15-9-11)16-7-6-14-10(16)2/h4-7,9,13H,3,8H2,1-2H3. The number of hydrogen-bond acceptors (Lipinski definition) is 3. The van der Waals surface area contributed by atoms with Gasteiger partial charge in [-0.15, -0.1) is 0 Å². The highest BCUT2D eigenvalue weighted by atomic mass is 15.1. The summed E-state index contributed by atoms with van der Waals surface area (Å²) >= 11 is 0. The third-order valence-electron chi connectivity index (χ3n) is 2.46. The second-order valence-electron chi connectivity index (χ2n) is 3.65. The van der Waals surface area contributed by atoms with Gasteiger partial charge in [-0.2, -0.15) is 0 Å². The van der Waals surface area contributed by atoms with Crippen LogP contribution in [0.1, 0.15) is 18.3 Å². The van der Waals surface area contributed by atoms with Crippen molar-refractivity contribution >= 4 is 0 Å². The van der Waals surface area contributed by atoms with E-state index in [1.165, 1.54) is 5.56 Å². The van der Waals surface area contributed by atoms with Crippen LogP contribution in [0.2, 0.25) is 0 Å². The fourth-order valence-corrected chi connectivity index (χ4v) is 1.55. The van der Waals surface area contributed by atoms with Crippen molar-refractivity contribution in [3.05, 3.63) is 42.1 Å². The normalized spacial score (nSPS) is 10.6. The van der Waals surface area contributed by atoms with Gasteiger partial charge in [0.25, 0.3) is 0 Å². The van der Waals surface area contributed by atoms with Crippen LogP contribution in [0.25, 0.3) is 5.82 Å². The molecular formula is C12H16N4. The predicted molar refractivity (Wildman–Crippen MR) is 63.5 cm³/mol. The van der Waals surface area contributed by atoms with Gasteiger partial charge >= 0.3 is 0 Å². The van der Waals surface area contributed by atoms with Crippen LogP contribution in [0.15, 0.2) is 30.7 Å². The number of rotatable bonds is 4. The molecule has 4 heteroatoms. The van der Waals surface area contributed by atoms with Gasteiger partial charge < -0.3 is 5.32 Å². The number of nitrogens with zero attached hydrogens (tertiary/aromatic N) is 3. The van der Waals surface area contributed by atoms with Crippen LogP contribution in [0, 0.1) is 6.92 Å². The van der Waals surface area contributed by atoms with Gasteiger partial charge in [0.15, 0.2) is 0 Å². The molecule has 0 atom stereocenters. The third kappa shape index (κ3) is 2.28. The van der Waals surface area contributed by atoms with Crippen molar-refractivity contribution in [3.8, 4) is 5.82 Å². The van der Waals surface area contributed by atoms with Gasteiger partial charge in [-0.25, -0.2) is 9.97 Å². The maximum absolute atomic E-state index is 4.42. The van der Waals surface area contributed by atoms with E-state index in [4.69, 9.17) is 0 Å². The Kier molecular flexibility index (Phi) is 3.31. The van der Waals surface area contributed by atoms with E-state index in [0.29, 0.717) is 0 Å². The smallest absolute Gasteiger partial charge is 0.137 e. The minimum absolute atomic E-state index is 0.868. The number of imidazole rings is 1. The zero-order chi connectivity index (χ0) is 11.4. The van der Waals surface area contributed by atoms with Gasteiger partial charge in [-0.3, -0.25) is 4.57 Å². The molecule has 0 aliphatic carbocycles. The summed E-state index contributed by atoms with van der Waals surface area (Å²) in [6.07, 6.45) is 5.60. The van der Waals surface area contributed by atoms with Crippen molar-refractivity contribution in [2.24, 2.45) is 0 Å². The summed E-state index contributed by atoms with van der Waals surface area (Å²) in [5, 5.41) is 3.27. The number of aromatic nitrogens is 3. The van der Waals surface area contributed by atoms with E-state index in [0.717, 1.165) is 24.7 Å². The van der Waals surface area contributed by atoms with Crippen LogP contribution >= 0.6 is 0 Å². The zero-order valence-corrected chi connectivity index (χ0v) is 9.64. The quantitative estimate of drug-likeness (QED) is 0.845. The molecular weight excluding hydrogens is 200 g/mol. The Hall–Kier alpha value is -1.68. The molecule has 0 aromatic carbocycles. The molecule has 0 radical (unpaired) electrons. The average Bonchev–Trinajstić information content (AvgIpc) is 2.74. The van der Waals surface area contributed by atoms with Gasteiger partial charge in [-0.1, -0.05) is 13.0 Å². The maximum atomic E-state index is 4.42. The fourth-order valence-electron chi connectivity index (χ4n) is 1.55. The number of pyridine rings is 1. The number of aryl methyl sites for hydroxylation is 1. The van der Waals surface area contributed by atoms with Gasteiger partial charge in [0.1, 0.15) is 11.6 Å². The minimum atomic E-state index is 0.868. The SMILES string of the molecule is CCNCc1ccc(-n2ccnc2C)nc1. The number of nitrogens with one attached hydrogen (secondary N) is 1. The third-order valence-corrected chi connectivity index (χ3v) is 2.46. The first-order valence-electron chi connectivity index (χ1n) is 5.47. The topological polar surface area (TPSA) is 42.7 Å². The summed E-state index contributed by atoms with van der Waals surface area (Å²) in [4.78, 5) is 8.59. The lowest BCUT2D eigenvalue weighted by Crippen LogP contribution is -2.12. The van der Waals surface area contributed by atoms with Gasteiger partial charge in [-0.05, 0) is 25.1 Å². The lowest BCUT2D eigenvalue weighted by atomic mass is 10.3. The van der Waals surface area contributed by atoms with Crippen LogP contribution in [-0.4, -0.2) is 21.1 Å². The molecule has 0 aliphatic rings. The highest BCUT2D eigenvalue weighted by molar-refractivity contribution is 5.26. The molecule has 0 spiro atoms. The minimum Gasteiger partial charge on any atom is -0.313 e. The van der Waals surface area contributed by atoms with Crippen molar-refractivity contribution in [3.63, 3.8) is 0 Å². The molecule has 0 bridgehead atoms. The summed E-state index contributed by atoms with van der Waals surface area (Å²) in [6.45, 7) is 5.90. The summed E-state index contributed by atoms with van der Waals surface area (Å²) in [5.74, 6) is 1.86. The first kappa shape index (κ1) is 10.8. The van der Waals surface area contributed by atoms with Crippen molar-refractivity contribution in [2.75, 3.05) is 6.54 Å². The molecule has 0 amide bonds. The first-order valence-corrected chi connectivity index (χ1v) is 5.47. The van der Waals surface area contributed by atoms with E-state index in [1.807, 2.05) is 30.0 Å². The molecule has 0 aliphatic heterocycles. The lowest BCUT2D eigenvalue weighted by molar-refractivity contribution is 0.723. The maximum Gasteiger partial charge on any atom is 0.137 e. The monoisotopic (exact) mass is 216 g/mol. The van der Waals surface area contributed by atoms with Crippen LogP contribution in [0.4, 0.5) is 0 Å². The molecule has 2 heterocycles. The molecule has 1 N–H and O–H groups in total. The molecule has 0 fully saturated rings. The molecule has 0 unspecified atom stereocenters. The lowest BCUT2D eigenvalue weighted by Gasteiger charge is -2.05. The van der Waals surface area contributed by atoms with Gasteiger partial charge in [0.2, 0.25) is 0 Å². The molecule has 0 saturated carbocycles. The zero-order valence-electron chi connectivity index (χ0n) is 9.64. The van der Waals surface area contributed by atoms with Crippen LogP contribution in [-0.2, 0) is 6.54 Å². The summed E-state index contributed by atoms with van der Waals surface area (Å²) in [7, 11) is 0. The Balaban J connectivity index is 2.16. The second kappa shape index (κ2) is 4.90. The summed E-state index contributed by atoms with van der Waals surface area (Å²) < 4.78 is 1.97. The Morgan fingerprint density at radius 1 is 1.31 bits per heavy atom. The van der Waals surface area contributed by atoms with Crippen molar-refractivity contribution in [1.29, 1.82) is 0 Å². The fraction of sp³-hybridized carbons (Fsp3) is 0.333. The van der Waals surface area contributed by atoms with Crippen LogP contribution in [0.3, 0.4) is 0 Å². The second-order valence-corrected chi connectivity index (χ2v) is 3.65. The van der Waals surface area contributed by atoms with E-state index >= 15 is 0 Å². The Labute approximate surface area is 95.4 Å². The molecule has 4 nitrogen and oxygen atoms in total. The van der Waals surface area contributed by atoms with Gasteiger partial charge in [0, 0.05) is 25.1 Å². The molecule has 0 saturated heterocycles. The largest absolute Gasteiger partial charge is 0.313 e. The predicted octanol–water partition coefficient (Wildman–Crippen LogP) is 1.69. The molecule has 2 aromatic rings. The van der Waals surface area contributed by atoms with E-state index < -0.39 is 0 Å². The molecule has 2 aromatic heterocycles. The average molecular weight is 216 g/mol. The van der Waals surface area contributed by atoms with E-state index in [2.05, 4.69) is 28.3 Å².